The Morgan fingerprint density at radius 2 is 2.24 bits per heavy atom. The van der Waals surface area contributed by atoms with Crippen LogP contribution in [0.2, 0.25) is 0 Å². The Kier molecular flexibility index (Phi) is 4.12. The lowest BCUT2D eigenvalue weighted by atomic mass is 10.1. The molecule has 1 aromatic heterocycles. The standard InChI is InChI=1S/C12H18N2O2S/c1-8-10(11(16)13-6-7-15)17-12(14-8)9-4-2-3-5-9/h9,15H,2-7H2,1H3,(H,13,16). The van der Waals surface area contributed by atoms with Crippen LogP contribution in [0.1, 0.15) is 52.0 Å². The van der Waals surface area contributed by atoms with Crippen LogP contribution in [-0.2, 0) is 0 Å². The summed E-state index contributed by atoms with van der Waals surface area (Å²) in [5.41, 5.74) is 0.812. The van der Waals surface area contributed by atoms with Crippen molar-refractivity contribution >= 4 is 17.2 Å². The third kappa shape index (κ3) is 2.84. The lowest BCUT2D eigenvalue weighted by Crippen LogP contribution is -2.26. The lowest BCUT2D eigenvalue weighted by Gasteiger charge is -2.02. The zero-order chi connectivity index (χ0) is 12.3. The predicted molar refractivity (Wildman–Crippen MR) is 67.5 cm³/mol. The van der Waals surface area contributed by atoms with Crippen LogP contribution in [0.25, 0.3) is 0 Å². The number of carbonyl (C=O) groups is 1. The molecule has 2 rings (SSSR count). The molecular formula is C12H18N2O2S. The Labute approximate surface area is 105 Å². The molecule has 0 unspecified atom stereocenters. The maximum absolute atomic E-state index is 11.8. The molecule has 2 N–H and O–H groups in total. The first-order valence-electron chi connectivity index (χ1n) is 6.08. The van der Waals surface area contributed by atoms with E-state index in [2.05, 4.69) is 10.3 Å². The molecule has 1 aliphatic rings. The summed E-state index contributed by atoms with van der Waals surface area (Å²) in [4.78, 5) is 17.0. The van der Waals surface area contributed by atoms with Gasteiger partial charge >= 0.3 is 0 Å². The van der Waals surface area contributed by atoms with Crippen molar-refractivity contribution in [3.63, 3.8) is 0 Å². The fourth-order valence-electron chi connectivity index (χ4n) is 2.23. The molecule has 1 aromatic rings. The summed E-state index contributed by atoms with van der Waals surface area (Å²) in [7, 11) is 0. The molecule has 5 heteroatoms. The minimum absolute atomic E-state index is 0.0287. The first-order valence-corrected chi connectivity index (χ1v) is 6.90. The molecule has 1 heterocycles. The van der Waals surface area contributed by atoms with Gasteiger partial charge in [0, 0.05) is 12.5 Å². The zero-order valence-corrected chi connectivity index (χ0v) is 10.8. The molecule has 0 aromatic carbocycles. The van der Waals surface area contributed by atoms with Crippen LogP contribution in [0.4, 0.5) is 0 Å². The van der Waals surface area contributed by atoms with Crippen LogP contribution in [0.15, 0.2) is 0 Å². The zero-order valence-electron chi connectivity index (χ0n) is 10.0. The number of nitrogens with one attached hydrogen (secondary N) is 1. The third-order valence-corrected chi connectivity index (χ3v) is 4.44. The van der Waals surface area contributed by atoms with E-state index in [9.17, 15) is 4.79 Å². The highest BCUT2D eigenvalue weighted by Gasteiger charge is 2.23. The number of nitrogens with zero attached hydrogens (tertiary/aromatic N) is 1. The molecule has 1 fully saturated rings. The molecule has 1 amide bonds. The van der Waals surface area contributed by atoms with Crippen molar-refractivity contribution in [1.29, 1.82) is 0 Å². The van der Waals surface area contributed by atoms with E-state index in [0.717, 1.165) is 10.7 Å². The quantitative estimate of drug-likeness (QED) is 0.861. The van der Waals surface area contributed by atoms with Crippen molar-refractivity contribution in [2.75, 3.05) is 13.2 Å². The minimum Gasteiger partial charge on any atom is -0.395 e. The number of hydrogen-bond donors (Lipinski definition) is 2. The van der Waals surface area contributed by atoms with E-state index in [1.807, 2.05) is 6.92 Å². The normalized spacial score (nSPS) is 16.4. The summed E-state index contributed by atoms with van der Waals surface area (Å²) in [6, 6.07) is 0. The van der Waals surface area contributed by atoms with E-state index in [1.54, 1.807) is 0 Å². The molecule has 0 saturated heterocycles. The predicted octanol–water partition coefficient (Wildman–Crippen LogP) is 1.83. The fourth-order valence-corrected chi connectivity index (χ4v) is 3.38. The van der Waals surface area contributed by atoms with Gasteiger partial charge in [-0.15, -0.1) is 11.3 Å². The second-order valence-electron chi connectivity index (χ2n) is 4.43. The smallest absolute Gasteiger partial charge is 0.263 e. The summed E-state index contributed by atoms with van der Waals surface area (Å²) in [6.07, 6.45) is 4.94. The molecule has 4 nitrogen and oxygen atoms in total. The Morgan fingerprint density at radius 3 is 2.88 bits per heavy atom. The van der Waals surface area contributed by atoms with Crippen molar-refractivity contribution in [3.8, 4) is 0 Å². The van der Waals surface area contributed by atoms with E-state index in [4.69, 9.17) is 5.11 Å². The van der Waals surface area contributed by atoms with Gasteiger partial charge in [-0.05, 0) is 19.8 Å². The van der Waals surface area contributed by atoms with Crippen LogP contribution >= 0.6 is 11.3 Å². The van der Waals surface area contributed by atoms with Crippen molar-refractivity contribution in [3.05, 3.63) is 15.6 Å². The highest BCUT2D eigenvalue weighted by molar-refractivity contribution is 7.13. The third-order valence-electron chi connectivity index (χ3n) is 3.12. The monoisotopic (exact) mass is 254 g/mol. The summed E-state index contributed by atoms with van der Waals surface area (Å²) < 4.78 is 0. The average Bonchev–Trinajstić information content (AvgIpc) is 2.94. The number of aromatic nitrogens is 1. The minimum atomic E-state index is -0.113. The molecule has 17 heavy (non-hydrogen) atoms. The van der Waals surface area contributed by atoms with Crippen LogP contribution in [-0.4, -0.2) is 29.1 Å². The summed E-state index contributed by atoms with van der Waals surface area (Å²) in [5.74, 6) is 0.441. The van der Waals surface area contributed by atoms with Gasteiger partial charge in [-0.2, -0.15) is 0 Å². The SMILES string of the molecule is Cc1nc(C2CCCC2)sc1C(=O)NCCO. The van der Waals surface area contributed by atoms with Gasteiger partial charge < -0.3 is 10.4 Å². The largest absolute Gasteiger partial charge is 0.395 e. The molecule has 0 bridgehead atoms. The maximum Gasteiger partial charge on any atom is 0.263 e. The fraction of sp³-hybridized carbons (Fsp3) is 0.667. The van der Waals surface area contributed by atoms with Gasteiger partial charge in [0.2, 0.25) is 0 Å². The molecule has 1 aliphatic carbocycles. The second-order valence-corrected chi connectivity index (χ2v) is 5.46. The summed E-state index contributed by atoms with van der Waals surface area (Å²) in [5, 5.41) is 12.5. The van der Waals surface area contributed by atoms with Crippen molar-refractivity contribution in [1.82, 2.24) is 10.3 Å². The Hall–Kier alpha value is -0.940. The molecule has 0 spiro atoms. The van der Waals surface area contributed by atoms with Crippen molar-refractivity contribution in [2.45, 2.75) is 38.5 Å². The van der Waals surface area contributed by atoms with Crippen molar-refractivity contribution < 1.29 is 9.90 Å². The van der Waals surface area contributed by atoms with Crippen LogP contribution in [0.5, 0.6) is 0 Å². The number of aryl methyl sites for hydroxylation is 1. The molecule has 1 saturated carbocycles. The van der Waals surface area contributed by atoms with E-state index < -0.39 is 0 Å². The molecule has 0 atom stereocenters. The molecule has 94 valence electrons. The number of aliphatic hydroxyl groups is 1. The van der Waals surface area contributed by atoms with Crippen molar-refractivity contribution in [2.24, 2.45) is 0 Å². The number of thiazole rings is 1. The van der Waals surface area contributed by atoms with Gasteiger partial charge in [-0.25, -0.2) is 4.98 Å². The summed E-state index contributed by atoms with van der Waals surface area (Å²) in [6.45, 7) is 2.15. The lowest BCUT2D eigenvalue weighted by molar-refractivity contribution is 0.0948. The molecule has 0 radical (unpaired) electrons. The van der Waals surface area contributed by atoms with E-state index in [0.29, 0.717) is 17.3 Å². The van der Waals surface area contributed by atoms with Crippen LogP contribution in [0.3, 0.4) is 0 Å². The molecule has 0 aliphatic heterocycles. The van der Waals surface area contributed by atoms with Gasteiger partial charge in [0.25, 0.3) is 5.91 Å². The van der Waals surface area contributed by atoms with E-state index in [-0.39, 0.29) is 12.5 Å². The Morgan fingerprint density at radius 1 is 1.53 bits per heavy atom. The number of hydrogen-bond acceptors (Lipinski definition) is 4. The Balaban J connectivity index is 2.09. The van der Waals surface area contributed by atoms with E-state index in [1.165, 1.54) is 37.0 Å². The van der Waals surface area contributed by atoms with Crippen LogP contribution < -0.4 is 5.32 Å². The van der Waals surface area contributed by atoms with Gasteiger partial charge in [-0.1, -0.05) is 12.8 Å². The summed E-state index contributed by atoms with van der Waals surface area (Å²) >= 11 is 1.51. The van der Waals surface area contributed by atoms with Gasteiger partial charge in [0.05, 0.1) is 17.3 Å². The topological polar surface area (TPSA) is 62.2 Å². The van der Waals surface area contributed by atoms with Gasteiger partial charge in [-0.3, -0.25) is 4.79 Å². The van der Waals surface area contributed by atoms with E-state index >= 15 is 0 Å². The number of aliphatic hydroxyl groups excluding tert-OH is 1. The Bertz CT molecular complexity index is 397. The van der Waals surface area contributed by atoms with Crippen LogP contribution in [0, 0.1) is 6.92 Å². The second kappa shape index (κ2) is 5.60. The molecular weight excluding hydrogens is 236 g/mol. The first-order chi connectivity index (χ1) is 8.22. The highest BCUT2D eigenvalue weighted by atomic mass is 32.1. The first kappa shape index (κ1) is 12.5. The number of carbonyl (C=O) groups excluding carboxylic acids is 1. The highest BCUT2D eigenvalue weighted by Crippen LogP contribution is 2.36. The van der Waals surface area contributed by atoms with Gasteiger partial charge in [0.1, 0.15) is 4.88 Å². The average molecular weight is 254 g/mol. The number of amides is 1. The van der Waals surface area contributed by atoms with Gasteiger partial charge in [0.15, 0.2) is 0 Å². The maximum atomic E-state index is 11.8. The number of rotatable bonds is 4.